The third-order valence-electron chi connectivity index (χ3n) is 2.57. The van der Waals surface area contributed by atoms with Crippen LogP contribution in [0.5, 0.6) is 0 Å². The zero-order valence-electron chi connectivity index (χ0n) is 10.6. The number of nitrogens with one attached hydrogen (secondary N) is 1. The van der Waals surface area contributed by atoms with E-state index in [1.165, 1.54) is 12.4 Å². The number of carbonyl (C=O) groups is 1. The molecular formula is C12H20N4O. The first kappa shape index (κ1) is 13.6. The molecule has 1 rings (SSSR count). The molecular weight excluding hydrogens is 216 g/mol. The average Bonchev–Trinajstić information content (AvgIpc) is 2.29. The van der Waals surface area contributed by atoms with Crippen molar-refractivity contribution in [3.8, 4) is 0 Å². The van der Waals surface area contributed by atoms with E-state index < -0.39 is 0 Å². The van der Waals surface area contributed by atoms with Gasteiger partial charge in [-0.15, -0.1) is 0 Å². The Hall–Kier alpha value is -1.49. The first-order valence-electron chi connectivity index (χ1n) is 5.76. The van der Waals surface area contributed by atoms with E-state index in [0.717, 1.165) is 6.42 Å². The minimum Gasteiger partial charge on any atom is -0.346 e. The van der Waals surface area contributed by atoms with E-state index >= 15 is 0 Å². The summed E-state index contributed by atoms with van der Waals surface area (Å²) in [4.78, 5) is 12.0. The molecule has 0 radical (unpaired) electrons. The van der Waals surface area contributed by atoms with Crippen molar-refractivity contribution in [3.63, 3.8) is 0 Å². The van der Waals surface area contributed by atoms with E-state index in [9.17, 15) is 4.79 Å². The fourth-order valence-corrected chi connectivity index (χ4v) is 1.86. The molecule has 1 aromatic heterocycles. The molecule has 1 aromatic rings. The van der Waals surface area contributed by atoms with Crippen LogP contribution in [-0.2, 0) is 0 Å². The molecule has 1 amide bonds. The van der Waals surface area contributed by atoms with Crippen LogP contribution in [0.1, 0.15) is 37.6 Å². The lowest BCUT2D eigenvalue weighted by atomic mass is 9.90. The van der Waals surface area contributed by atoms with Gasteiger partial charge in [0.2, 0.25) is 0 Å². The Morgan fingerprint density at radius 3 is 2.71 bits per heavy atom. The second-order valence-corrected chi connectivity index (χ2v) is 4.95. The van der Waals surface area contributed by atoms with Crippen LogP contribution in [0.25, 0.3) is 0 Å². The van der Waals surface area contributed by atoms with Gasteiger partial charge in [0.25, 0.3) is 5.91 Å². The summed E-state index contributed by atoms with van der Waals surface area (Å²) in [6.45, 7) is 6.58. The molecule has 0 spiro atoms. The van der Waals surface area contributed by atoms with Crippen molar-refractivity contribution in [2.75, 3.05) is 6.54 Å². The summed E-state index contributed by atoms with van der Waals surface area (Å²) in [5.41, 5.74) is 5.86. The van der Waals surface area contributed by atoms with Gasteiger partial charge in [0, 0.05) is 12.1 Å². The smallest absolute Gasteiger partial charge is 0.253 e. The fourth-order valence-electron chi connectivity index (χ4n) is 1.86. The summed E-state index contributed by atoms with van der Waals surface area (Å²) < 4.78 is 0. The molecule has 0 aromatic carbocycles. The Morgan fingerprint density at radius 1 is 1.53 bits per heavy atom. The van der Waals surface area contributed by atoms with Crippen LogP contribution in [0.3, 0.4) is 0 Å². The van der Waals surface area contributed by atoms with E-state index in [2.05, 4.69) is 29.4 Å². The van der Waals surface area contributed by atoms with Crippen LogP contribution < -0.4 is 11.1 Å². The van der Waals surface area contributed by atoms with Crippen molar-refractivity contribution in [3.05, 3.63) is 24.0 Å². The van der Waals surface area contributed by atoms with E-state index in [4.69, 9.17) is 5.73 Å². The Morgan fingerprint density at radius 2 is 2.24 bits per heavy atom. The van der Waals surface area contributed by atoms with Crippen LogP contribution in [0.2, 0.25) is 0 Å². The van der Waals surface area contributed by atoms with Gasteiger partial charge >= 0.3 is 0 Å². The molecule has 1 heterocycles. The number of amides is 1. The molecule has 0 aliphatic rings. The predicted octanol–water partition coefficient (Wildman–Crippen LogP) is 0.970. The zero-order valence-corrected chi connectivity index (χ0v) is 10.6. The molecule has 1 unspecified atom stereocenters. The van der Waals surface area contributed by atoms with Crippen molar-refractivity contribution in [2.24, 2.45) is 11.7 Å². The molecule has 3 N–H and O–H groups in total. The number of nitrogens with zero attached hydrogens (tertiary/aromatic N) is 2. The van der Waals surface area contributed by atoms with Crippen LogP contribution in [-0.4, -0.2) is 28.2 Å². The highest BCUT2D eigenvalue weighted by molar-refractivity contribution is 5.94. The SMILES string of the molecule is CC(C)CC(C)(CN)NC(=O)c1ccnnc1. The quantitative estimate of drug-likeness (QED) is 0.798. The van der Waals surface area contributed by atoms with Crippen molar-refractivity contribution in [1.29, 1.82) is 0 Å². The first-order valence-corrected chi connectivity index (χ1v) is 5.76. The first-order chi connectivity index (χ1) is 7.97. The Labute approximate surface area is 102 Å². The third kappa shape index (κ3) is 4.11. The van der Waals surface area contributed by atoms with Gasteiger partial charge in [0.1, 0.15) is 0 Å². The fraction of sp³-hybridized carbons (Fsp3) is 0.583. The van der Waals surface area contributed by atoms with Gasteiger partial charge in [-0.3, -0.25) is 4.79 Å². The highest BCUT2D eigenvalue weighted by Gasteiger charge is 2.26. The lowest BCUT2D eigenvalue weighted by Crippen LogP contribution is -2.52. The number of carbonyl (C=O) groups excluding carboxylic acids is 1. The van der Waals surface area contributed by atoms with Crippen molar-refractivity contribution >= 4 is 5.91 Å². The zero-order chi connectivity index (χ0) is 12.9. The Balaban J connectivity index is 2.72. The van der Waals surface area contributed by atoms with Crippen molar-refractivity contribution < 1.29 is 4.79 Å². The van der Waals surface area contributed by atoms with Crippen molar-refractivity contribution in [2.45, 2.75) is 32.7 Å². The van der Waals surface area contributed by atoms with Gasteiger partial charge in [-0.1, -0.05) is 13.8 Å². The van der Waals surface area contributed by atoms with Crippen LogP contribution >= 0.6 is 0 Å². The maximum absolute atomic E-state index is 12.0. The number of aromatic nitrogens is 2. The largest absolute Gasteiger partial charge is 0.346 e. The van der Waals surface area contributed by atoms with Gasteiger partial charge < -0.3 is 11.1 Å². The summed E-state index contributed by atoms with van der Waals surface area (Å²) in [5, 5.41) is 10.3. The molecule has 0 bridgehead atoms. The third-order valence-corrected chi connectivity index (χ3v) is 2.57. The molecule has 0 saturated carbocycles. The van der Waals surface area contributed by atoms with E-state index in [1.807, 2.05) is 6.92 Å². The highest BCUT2D eigenvalue weighted by atomic mass is 16.1. The Kier molecular flexibility index (Phi) is 4.57. The number of rotatable bonds is 5. The minimum atomic E-state index is -0.380. The maximum Gasteiger partial charge on any atom is 0.253 e. The molecule has 94 valence electrons. The second-order valence-electron chi connectivity index (χ2n) is 4.95. The van der Waals surface area contributed by atoms with Gasteiger partial charge in [-0.25, -0.2) is 0 Å². The average molecular weight is 236 g/mol. The molecule has 17 heavy (non-hydrogen) atoms. The molecule has 0 saturated heterocycles. The molecule has 0 aliphatic heterocycles. The highest BCUT2D eigenvalue weighted by Crippen LogP contribution is 2.15. The topological polar surface area (TPSA) is 80.9 Å². The second kappa shape index (κ2) is 5.72. The maximum atomic E-state index is 12.0. The van der Waals surface area contributed by atoms with Gasteiger partial charge in [-0.2, -0.15) is 10.2 Å². The monoisotopic (exact) mass is 236 g/mol. The summed E-state index contributed by atoms with van der Waals surface area (Å²) in [5.74, 6) is 0.313. The van der Waals surface area contributed by atoms with E-state index in [0.29, 0.717) is 18.0 Å². The number of hydrogen-bond acceptors (Lipinski definition) is 4. The summed E-state index contributed by atoms with van der Waals surface area (Å²) in [6.07, 6.45) is 3.78. The number of hydrogen-bond donors (Lipinski definition) is 2. The van der Waals surface area contributed by atoms with E-state index in [1.54, 1.807) is 6.07 Å². The van der Waals surface area contributed by atoms with E-state index in [-0.39, 0.29) is 11.4 Å². The van der Waals surface area contributed by atoms with Crippen LogP contribution in [0.15, 0.2) is 18.5 Å². The molecule has 5 nitrogen and oxygen atoms in total. The van der Waals surface area contributed by atoms with Crippen molar-refractivity contribution in [1.82, 2.24) is 15.5 Å². The predicted molar refractivity (Wildman–Crippen MR) is 66.4 cm³/mol. The van der Waals surface area contributed by atoms with Crippen LogP contribution in [0.4, 0.5) is 0 Å². The Bertz CT molecular complexity index is 366. The lowest BCUT2D eigenvalue weighted by molar-refractivity contribution is 0.0897. The molecule has 5 heteroatoms. The number of nitrogens with two attached hydrogens (primary N) is 1. The summed E-state index contributed by atoms with van der Waals surface area (Å²) in [7, 11) is 0. The van der Waals surface area contributed by atoms with Gasteiger partial charge in [0.15, 0.2) is 0 Å². The summed E-state index contributed by atoms with van der Waals surface area (Å²) in [6, 6.07) is 1.63. The summed E-state index contributed by atoms with van der Waals surface area (Å²) >= 11 is 0. The molecule has 0 aliphatic carbocycles. The standard InChI is InChI=1S/C12H20N4O/c1-9(2)6-12(3,8-13)16-11(17)10-4-5-14-15-7-10/h4-5,7,9H,6,8,13H2,1-3H3,(H,16,17). The molecule has 0 fully saturated rings. The van der Waals surface area contributed by atoms with Gasteiger partial charge in [0.05, 0.1) is 18.0 Å². The minimum absolute atomic E-state index is 0.159. The van der Waals surface area contributed by atoms with Gasteiger partial charge in [-0.05, 0) is 25.3 Å². The normalized spacial score (nSPS) is 14.4. The van der Waals surface area contributed by atoms with Crippen LogP contribution in [0, 0.1) is 5.92 Å². The lowest BCUT2D eigenvalue weighted by Gasteiger charge is -2.31. The molecule has 1 atom stereocenters.